The van der Waals surface area contributed by atoms with Crippen LogP contribution in [0.4, 0.5) is 8.78 Å². The van der Waals surface area contributed by atoms with E-state index in [-0.39, 0.29) is 18.1 Å². The lowest BCUT2D eigenvalue weighted by atomic mass is 10.1. The molecular weight excluding hydrogens is 388 g/mol. The van der Waals surface area contributed by atoms with Crippen molar-refractivity contribution in [3.8, 4) is 16.9 Å². The molecule has 2 atom stereocenters. The van der Waals surface area contributed by atoms with Crippen LogP contribution in [0.5, 0.6) is 5.75 Å². The second-order valence-electron chi connectivity index (χ2n) is 8.81. The fourth-order valence-electron chi connectivity index (χ4n) is 4.08. The van der Waals surface area contributed by atoms with E-state index in [1.54, 1.807) is 23.2 Å². The van der Waals surface area contributed by atoms with Crippen LogP contribution in [0, 0.1) is 0 Å². The first-order valence-corrected chi connectivity index (χ1v) is 10.3. The standard InChI is InChI=1S/C23H25F2N3O2/c1-22(2)14-26-11-17(30-22)13-29-20-9-16(8-19-18(20)4-3-6-27-19)15-5-7-28(12-15)21-10-23(21,24)25/h3-9,12,17,21,26H,10-11,13-14H2,1-2H3/t17-,21?/m0/s1. The smallest absolute Gasteiger partial charge is 0.270 e. The van der Waals surface area contributed by atoms with Crippen LogP contribution in [-0.2, 0) is 4.74 Å². The van der Waals surface area contributed by atoms with Gasteiger partial charge in [0.05, 0.1) is 11.1 Å². The molecule has 5 nitrogen and oxygen atoms in total. The van der Waals surface area contributed by atoms with Crippen molar-refractivity contribution in [3.05, 3.63) is 48.9 Å². The van der Waals surface area contributed by atoms with E-state index in [0.29, 0.717) is 12.4 Å². The van der Waals surface area contributed by atoms with Gasteiger partial charge in [-0.3, -0.25) is 4.98 Å². The zero-order valence-corrected chi connectivity index (χ0v) is 17.1. The third-order valence-electron chi connectivity index (χ3n) is 5.72. The van der Waals surface area contributed by atoms with Crippen LogP contribution in [0.2, 0.25) is 0 Å². The van der Waals surface area contributed by atoms with E-state index < -0.39 is 12.0 Å². The summed E-state index contributed by atoms with van der Waals surface area (Å²) in [6.07, 6.45) is 5.08. The first-order chi connectivity index (χ1) is 14.3. The first kappa shape index (κ1) is 19.5. The van der Waals surface area contributed by atoms with E-state index in [9.17, 15) is 8.78 Å². The number of hydrogen-bond donors (Lipinski definition) is 1. The Bertz CT molecular complexity index is 1080. The number of morpholine rings is 1. The molecule has 158 valence electrons. The van der Waals surface area contributed by atoms with Gasteiger partial charge in [0.2, 0.25) is 0 Å². The molecule has 30 heavy (non-hydrogen) atoms. The summed E-state index contributed by atoms with van der Waals surface area (Å²) in [5.41, 5.74) is 2.33. The molecule has 3 heterocycles. The molecule has 1 aromatic carbocycles. The third-order valence-corrected chi connectivity index (χ3v) is 5.72. The van der Waals surface area contributed by atoms with Crippen molar-refractivity contribution in [1.82, 2.24) is 14.9 Å². The highest BCUT2D eigenvalue weighted by molar-refractivity contribution is 5.90. The Labute approximate surface area is 174 Å². The second kappa shape index (κ2) is 7.03. The molecule has 5 rings (SSSR count). The van der Waals surface area contributed by atoms with Gasteiger partial charge in [-0.15, -0.1) is 0 Å². The van der Waals surface area contributed by atoms with Gasteiger partial charge in [0, 0.05) is 43.5 Å². The van der Waals surface area contributed by atoms with E-state index in [0.717, 1.165) is 35.1 Å². The van der Waals surface area contributed by atoms with Gasteiger partial charge < -0.3 is 19.4 Å². The van der Waals surface area contributed by atoms with Crippen LogP contribution in [0.25, 0.3) is 22.0 Å². The van der Waals surface area contributed by atoms with Crippen LogP contribution >= 0.6 is 0 Å². The second-order valence-corrected chi connectivity index (χ2v) is 8.81. The average molecular weight is 413 g/mol. The SMILES string of the molecule is CC1(C)CNC[C@@H](COc2cc(-c3ccn(C4CC4(F)F)c3)cc3ncccc23)O1. The molecule has 7 heteroatoms. The summed E-state index contributed by atoms with van der Waals surface area (Å²) in [5.74, 6) is -1.89. The fraction of sp³-hybridized carbons (Fsp3) is 0.435. The molecule has 1 N–H and O–H groups in total. The largest absolute Gasteiger partial charge is 0.490 e. The number of aromatic nitrogens is 2. The highest BCUT2D eigenvalue weighted by Crippen LogP contribution is 2.52. The lowest BCUT2D eigenvalue weighted by Gasteiger charge is -2.36. The molecular formula is C23H25F2N3O2. The normalized spacial score (nSPS) is 24.7. The minimum atomic E-state index is -2.60. The van der Waals surface area contributed by atoms with Gasteiger partial charge in [-0.2, -0.15) is 0 Å². The molecule has 2 aliphatic rings. The summed E-state index contributed by atoms with van der Waals surface area (Å²) in [6, 6.07) is 8.90. The lowest BCUT2D eigenvalue weighted by molar-refractivity contribution is -0.106. The Kier molecular flexibility index (Phi) is 4.56. The number of rotatable bonds is 5. The molecule has 1 saturated carbocycles. The topological polar surface area (TPSA) is 48.3 Å². The Morgan fingerprint density at radius 1 is 1.27 bits per heavy atom. The molecule has 1 saturated heterocycles. The van der Waals surface area contributed by atoms with Crippen LogP contribution < -0.4 is 10.1 Å². The molecule has 0 radical (unpaired) electrons. The van der Waals surface area contributed by atoms with Crippen LogP contribution in [0.1, 0.15) is 26.3 Å². The number of alkyl halides is 2. The first-order valence-electron chi connectivity index (χ1n) is 10.3. The van der Waals surface area contributed by atoms with E-state index >= 15 is 0 Å². The van der Waals surface area contributed by atoms with Gasteiger partial charge in [-0.05, 0) is 55.3 Å². The van der Waals surface area contributed by atoms with Crippen molar-refractivity contribution < 1.29 is 18.3 Å². The van der Waals surface area contributed by atoms with Gasteiger partial charge in [0.1, 0.15) is 24.5 Å². The molecule has 1 aliphatic carbocycles. The molecule has 2 fully saturated rings. The summed E-state index contributed by atoms with van der Waals surface area (Å²) in [6.45, 7) is 6.07. The minimum Gasteiger partial charge on any atom is -0.490 e. The summed E-state index contributed by atoms with van der Waals surface area (Å²) < 4.78 is 40.7. The van der Waals surface area contributed by atoms with Crippen molar-refractivity contribution in [2.45, 2.75) is 43.9 Å². The van der Waals surface area contributed by atoms with Crippen LogP contribution in [0.3, 0.4) is 0 Å². The quantitative estimate of drug-likeness (QED) is 0.672. The van der Waals surface area contributed by atoms with E-state index in [2.05, 4.69) is 24.1 Å². The molecule has 1 aliphatic heterocycles. The number of hydrogen-bond acceptors (Lipinski definition) is 4. The average Bonchev–Trinajstić information content (AvgIpc) is 3.12. The highest BCUT2D eigenvalue weighted by Gasteiger charge is 2.58. The lowest BCUT2D eigenvalue weighted by Crippen LogP contribution is -2.52. The maximum Gasteiger partial charge on any atom is 0.270 e. The van der Waals surface area contributed by atoms with Gasteiger partial charge in [0.15, 0.2) is 0 Å². The zero-order chi connectivity index (χ0) is 20.9. The molecule has 0 bridgehead atoms. The van der Waals surface area contributed by atoms with Crippen molar-refractivity contribution in [2.75, 3.05) is 19.7 Å². The number of nitrogens with one attached hydrogen (secondary N) is 1. The maximum atomic E-state index is 13.4. The molecule has 0 spiro atoms. The highest BCUT2D eigenvalue weighted by atomic mass is 19.3. The van der Waals surface area contributed by atoms with Gasteiger partial charge >= 0.3 is 0 Å². The van der Waals surface area contributed by atoms with Gasteiger partial charge in [-0.1, -0.05) is 0 Å². The predicted molar refractivity (Wildman–Crippen MR) is 111 cm³/mol. The number of benzene rings is 1. The van der Waals surface area contributed by atoms with E-state index in [4.69, 9.17) is 9.47 Å². The number of halogens is 2. The Hall–Kier alpha value is -2.51. The number of nitrogens with zero attached hydrogens (tertiary/aromatic N) is 2. The Morgan fingerprint density at radius 3 is 2.87 bits per heavy atom. The Morgan fingerprint density at radius 2 is 2.10 bits per heavy atom. The zero-order valence-electron chi connectivity index (χ0n) is 17.1. The predicted octanol–water partition coefficient (Wildman–Crippen LogP) is 4.43. The Balaban J connectivity index is 1.42. The van der Waals surface area contributed by atoms with Gasteiger partial charge in [0.25, 0.3) is 5.92 Å². The van der Waals surface area contributed by atoms with Crippen molar-refractivity contribution in [1.29, 1.82) is 0 Å². The summed E-state index contributed by atoms with van der Waals surface area (Å²) in [5, 5.41) is 4.29. The van der Waals surface area contributed by atoms with E-state index in [1.807, 2.05) is 30.3 Å². The van der Waals surface area contributed by atoms with Crippen molar-refractivity contribution in [2.24, 2.45) is 0 Å². The van der Waals surface area contributed by atoms with E-state index in [1.165, 1.54) is 0 Å². The summed E-state index contributed by atoms with van der Waals surface area (Å²) in [4.78, 5) is 4.47. The van der Waals surface area contributed by atoms with Crippen LogP contribution in [-0.4, -0.2) is 46.9 Å². The summed E-state index contributed by atoms with van der Waals surface area (Å²) in [7, 11) is 0. The molecule has 0 amide bonds. The van der Waals surface area contributed by atoms with Crippen molar-refractivity contribution in [3.63, 3.8) is 0 Å². The molecule has 3 aromatic rings. The maximum absolute atomic E-state index is 13.4. The number of ether oxygens (including phenoxy) is 2. The third kappa shape index (κ3) is 3.79. The van der Waals surface area contributed by atoms with Crippen LogP contribution in [0.15, 0.2) is 48.9 Å². The van der Waals surface area contributed by atoms with Gasteiger partial charge in [-0.25, -0.2) is 8.78 Å². The minimum absolute atomic E-state index is 0.0534. The monoisotopic (exact) mass is 413 g/mol. The fourth-order valence-corrected chi connectivity index (χ4v) is 4.08. The summed E-state index contributed by atoms with van der Waals surface area (Å²) >= 11 is 0. The number of fused-ring (bicyclic) bond motifs is 1. The number of pyridine rings is 1. The van der Waals surface area contributed by atoms with Crippen molar-refractivity contribution >= 4 is 10.9 Å². The molecule has 2 aromatic heterocycles. The molecule has 1 unspecified atom stereocenters.